The van der Waals surface area contributed by atoms with Crippen LogP contribution >= 0.6 is 0 Å². The van der Waals surface area contributed by atoms with E-state index < -0.39 is 10.8 Å². The van der Waals surface area contributed by atoms with Gasteiger partial charge in [0.15, 0.2) is 0 Å². The molecule has 1 aromatic carbocycles. The van der Waals surface area contributed by atoms with Crippen LogP contribution in [0.3, 0.4) is 0 Å². The molecule has 0 spiro atoms. The molecule has 5 heteroatoms. The van der Waals surface area contributed by atoms with E-state index in [0.717, 1.165) is 31.2 Å². The maximum absolute atomic E-state index is 12.5. The molecule has 0 saturated heterocycles. The molecule has 5 atom stereocenters. The summed E-state index contributed by atoms with van der Waals surface area (Å²) in [4.78, 5) is 12.5. The molecule has 0 heterocycles. The Morgan fingerprint density at radius 1 is 1.35 bits per heavy atom. The monoisotopic (exact) mass is 336 g/mol. The lowest BCUT2D eigenvalue weighted by atomic mass is 9.92. The third kappa shape index (κ3) is 4.88. The number of hydrogen-bond acceptors (Lipinski definition) is 3. The topological polar surface area (TPSA) is 72.2 Å². The molecule has 1 aliphatic carbocycles. The predicted molar refractivity (Wildman–Crippen MR) is 95.4 cm³/mol. The van der Waals surface area contributed by atoms with Crippen molar-refractivity contribution in [3.63, 3.8) is 0 Å². The summed E-state index contributed by atoms with van der Waals surface area (Å²) in [7, 11) is -0.774. The summed E-state index contributed by atoms with van der Waals surface area (Å²) in [5, 5.41) is 3.34. The number of carbonyl (C=O) groups is 1. The van der Waals surface area contributed by atoms with Crippen molar-refractivity contribution in [1.82, 2.24) is 5.32 Å². The second-order valence-corrected chi connectivity index (χ2v) is 8.39. The SMILES string of the molecule is CCS(=O)C1CCCC(NC(=O)C(C)C(N)c2ccccc2)C1. The first kappa shape index (κ1) is 18.1. The van der Waals surface area contributed by atoms with E-state index in [1.807, 2.05) is 44.2 Å². The zero-order chi connectivity index (χ0) is 16.8. The molecule has 1 aliphatic rings. The van der Waals surface area contributed by atoms with Crippen LogP contribution in [0.5, 0.6) is 0 Å². The molecular formula is C18H28N2O2S. The van der Waals surface area contributed by atoms with E-state index in [9.17, 15) is 9.00 Å². The van der Waals surface area contributed by atoms with Gasteiger partial charge >= 0.3 is 0 Å². The van der Waals surface area contributed by atoms with Gasteiger partial charge in [-0.3, -0.25) is 9.00 Å². The van der Waals surface area contributed by atoms with Gasteiger partial charge in [-0.05, 0) is 24.8 Å². The van der Waals surface area contributed by atoms with Gasteiger partial charge in [-0.1, -0.05) is 50.6 Å². The Hall–Kier alpha value is -1.20. The predicted octanol–water partition coefficient (Wildman–Crippen LogP) is 2.52. The van der Waals surface area contributed by atoms with Crippen molar-refractivity contribution in [2.75, 3.05) is 5.75 Å². The first-order valence-corrected chi connectivity index (χ1v) is 9.89. The molecular weight excluding hydrogens is 308 g/mol. The average Bonchev–Trinajstić information content (AvgIpc) is 2.60. The van der Waals surface area contributed by atoms with E-state index in [-0.39, 0.29) is 29.2 Å². The Kier molecular flexibility index (Phi) is 6.78. The van der Waals surface area contributed by atoms with Gasteiger partial charge in [0.05, 0.1) is 5.92 Å². The Balaban J connectivity index is 1.91. The number of hydrogen-bond donors (Lipinski definition) is 2. The second kappa shape index (κ2) is 8.60. The number of rotatable bonds is 6. The molecule has 1 saturated carbocycles. The summed E-state index contributed by atoms with van der Waals surface area (Å²) >= 11 is 0. The van der Waals surface area contributed by atoms with Gasteiger partial charge in [0.25, 0.3) is 0 Å². The molecule has 23 heavy (non-hydrogen) atoms. The number of carbonyl (C=O) groups excluding carboxylic acids is 1. The number of benzene rings is 1. The van der Waals surface area contributed by atoms with Crippen molar-refractivity contribution in [1.29, 1.82) is 0 Å². The van der Waals surface area contributed by atoms with Crippen LogP contribution in [0.1, 0.15) is 51.1 Å². The quantitative estimate of drug-likeness (QED) is 0.838. The highest BCUT2D eigenvalue weighted by molar-refractivity contribution is 7.85. The van der Waals surface area contributed by atoms with Crippen LogP contribution in [-0.4, -0.2) is 27.2 Å². The van der Waals surface area contributed by atoms with E-state index in [1.165, 1.54) is 0 Å². The van der Waals surface area contributed by atoms with E-state index in [2.05, 4.69) is 5.32 Å². The summed E-state index contributed by atoms with van der Waals surface area (Å²) in [6, 6.07) is 9.54. The number of nitrogens with one attached hydrogen (secondary N) is 1. The summed E-state index contributed by atoms with van der Waals surface area (Å²) in [5.41, 5.74) is 7.21. The summed E-state index contributed by atoms with van der Waals surface area (Å²) < 4.78 is 12.0. The lowest BCUT2D eigenvalue weighted by Crippen LogP contribution is -2.45. The molecule has 4 nitrogen and oxygen atoms in total. The summed E-state index contributed by atoms with van der Waals surface area (Å²) in [6.45, 7) is 3.83. The number of nitrogens with two attached hydrogens (primary N) is 1. The van der Waals surface area contributed by atoms with Crippen molar-refractivity contribution in [3.05, 3.63) is 35.9 Å². The largest absolute Gasteiger partial charge is 0.353 e. The highest BCUT2D eigenvalue weighted by Crippen LogP contribution is 2.24. The molecule has 0 aliphatic heterocycles. The third-order valence-corrected chi connectivity index (χ3v) is 6.51. The summed E-state index contributed by atoms with van der Waals surface area (Å²) in [5.74, 6) is 0.407. The highest BCUT2D eigenvalue weighted by Gasteiger charge is 2.29. The molecule has 0 bridgehead atoms. The van der Waals surface area contributed by atoms with Gasteiger partial charge in [0, 0.05) is 33.9 Å². The first-order chi connectivity index (χ1) is 11.0. The van der Waals surface area contributed by atoms with E-state index in [1.54, 1.807) is 0 Å². The minimum Gasteiger partial charge on any atom is -0.353 e. The van der Waals surface area contributed by atoms with Gasteiger partial charge in [-0.2, -0.15) is 0 Å². The third-order valence-electron chi connectivity index (χ3n) is 4.77. The van der Waals surface area contributed by atoms with E-state index >= 15 is 0 Å². The lowest BCUT2D eigenvalue weighted by Gasteiger charge is -2.30. The van der Waals surface area contributed by atoms with Gasteiger partial charge in [0.2, 0.25) is 5.91 Å². The van der Waals surface area contributed by atoms with Crippen LogP contribution in [0.2, 0.25) is 0 Å². The Morgan fingerprint density at radius 3 is 2.70 bits per heavy atom. The molecule has 3 N–H and O–H groups in total. The van der Waals surface area contributed by atoms with Crippen molar-refractivity contribution in [3.8, 4) is 0 Å². The van der Waals surface area contributed by atoms with Crippen molar-refractivity contribution in [2.45, 2.75) is 56.9 Å². The molecule has 1 aromatic rings. The zero-order valence-corrected chi connectivity index (χ0v) is 14.9. The standard InChI is InChI=1S/C18H28N2O2S/c1-3-23(22)16-11-7-10-15(12-16)20-18(21)13(2)17(19)14-8-5-4-6-9-14/h4-6,8-9,13,15-17H,3,7,10-12,19H2,1-2H3,(H,20,21). The maximum atomic E-state index is 12.5. The molecule has 5 unspecified atom stereocenters. The van der Waals surface area contributed by atoms with Crippen molar-refractivity contribution in [2.24, 2.45) is 11.7 Å². The average molecular weight is 337 g/mol. The van der Waals surface area contributed by atoms with Gasteiger partial charge < -0.3 is 11.1 Å². The maximum Gasteiger partial charge on any atom is 0.224 e. The molecule has 1 fully saturated rings. The van der Waals surface area contributed by atoms with Gasteiger partial charge in [-0.15, -0.1) is 0 Å². The fraction of sp³-hybridized carbons (Fsp3) is 0.611. The van der Waals surface area contributed by atoms with E-state index in [0.29, 0.717) is 5.75 Å². The minimum absolute atomic E-state index is 0.00529. The van der Waals surface area contributed by atoms with Crippen molar-refractivity contribution < 1.29 is 9.00 Å². The smallest absolute Gasteiger partial charge is 0.224 e. The summed E-state index contributed by atoms with van der Waals surface area (Å²) in [6.07, 6.45) is 3.82. The molecule has 0 radical (unpaired) electrons. The van der Waals surface area contributed by atoms with E-state index in [4.69, 9.17) is 5.73 Å². The van der Waals surface area contributed by atoms with Crippen LogP contribution in [0.4, 0.5) is 0 Å². The van der Waals surface area contributed by atoms with Crippen LogP contribution in [0, 0.1) is 5.92 Å². The lowest BCUT2D eigenvalue weighted by molar-refractivity contribution is -0.126. The minimum atomic E-state index is -0.774. The van der Waals surface area contributed by atoms with Crippen LogP contribution in [0.25, 0.3) is 0 Å². The van der Waals surface area contributed by atoms with Gasteiger partial charge in [-0.25, -0.2) is 0 Å². The molecule has 1 amide bonds. The number of amides is 1. The fourth-order valence-electron chi connectivity index (χ4n) is 3.21. The highest BCUT2D eigenvalue weighted by atomic mass is 32.2. The van der Waals surface area contributed by atoms with Gasteiger partial charge in [0.1, 0.15) is 0 Å². The molecule has 0 aromatic heterocycles. The van der Waals surface area contributed by atoms with Crippen molar-refractivity contribution >= 4 is 16.7 Å². The zero-order valence-electron chi connectivity index (χ0n) is 14.0. The molecule has 128 valence electrons. The second-order valence-electron chi connectivity index (χ2n) is 6.39. The Bertz CT molecular complexity index is 535. The molecule has 2 rings (SSSR count). The fourth-order valence-corrected chi connectivity index (χ4v) is 4.56. The van der Waals surface area contributed by atoms with Crippen LogP contribution in [-0.2, 0) is 15.6 Å². The first-order valence-electron chi connectivity index (χ1n) is 8.51. The Labute approximate surface area is 141 Å². The van der Waals surface area contributed by atoms with Crippen LogP contribution < -0.4 is 11.1 Å². The normalized spacial score (nSPS) is 25.3. The Morgan fingerprint density at radius 2 is 2.04 bits per heavy atom. The van der Waals surface area contributed by atoms with Crippen LogP contribution in [0.15, 0.2) is 30.3 Å².